The van der Waals surface area contributed by atoms with Crippen LogP contribution in [0.2, 0.25) is 0 Å². The smallest absolute Gasteiger partial charge is 0.240 e. The number of carbonyl (C=O) groups is 1. The number of nitrogens with one attached hydrogen (secondary N) is 2. The Balaban J connectivity index is 1.37. The van der Waals surface area contributed by atoms with Crippen molar-refractivity contribution < 1.29 is 13.2 Å². The Morgan fingerprint density at radius 1 is 1.18 bits per heavy atom. The van der Waals surface area contributed by atoms with Gasteiger partial charge in [0.2, 0.25) is 16.4 Å². The van der Waals surface area contributed by atoms with E-state index in [-0.39, 0.29) is 17.0 Å². The van der Waals surface area contributed by atoms with Gasteiger partial charge in [-0.1, -0.05) is 6.08 Å². The fourth-order valence-corrected chi connectivity index (χ4v) is 5.57. The van der Waals surface area contributed by atoms with Crippen LogP contribution in [0.4, 0.5) is 5.82 Å². The van der Waals surface area contributed by atoms with Gasteiger partial charge in [0.05, 0.1) is 16.5 Å². The fourth-order valence-electron chi connectivity index (χ4n) is 4.28. The predicted octanol–water partition coefficient (Wildman–Crippen LogP) is 3.47. The number of benzene rings is 1. The van der Waals surface area contributed by atoms with Crippen LogP contribution in [-0.4, -0.2) is 36.9 Å². The van der Waals surface area contributed by atoms with Crippen molar-refractivity contribution in [1.82, 2.24) is 14.7 Å². The predicted molar refractivity (Wildman–Crippen MR) is 125 cm³/mol. The first-order valence-corrected chi connectivity index (χ1v) is 12.4. The second-order valence-electron chi connectivity index (χ2n) is 8.47. The number of hydrogen-bond acceptors (Lipinski definition) is 5. The Morgan fingerprint density at radius 3 is 2.61 bits per heavy atom. The van der Waals surface area contributed by atoms with Crippen LogP contribution in [-0.2, 0) is 14.8 Å². The number of hydrogen-bond donors (Lipinski definition) is 2. The zero-order chi connectivity index (χ0) is 23.0. The standard InChI is InChI=1S/C24H23N5O3S/c25-14-16-1-9-20(10-2-16)33(31,32)28-18-5-3-17(4-6-18)22-13-23(29(15-30)19-7-8-19)27-24-21(22)11-12-26-24/h1-3,9-13,15,18-19,28H,4-8H2,(H,26,27). The number of nitriles is 1. The average Bonchev–Trinajstić information content (AvgIpc) is 3.55. The summed E-state index contributed by atoms with van der Waals surface area (Å²) in [6, 6.07) is 11.8. The van der Waals surface area contributed by atoms with Crippen LogP contribution in [0.3, 0.4) is 0 Å². The summed E-state index contributed by atoms with van der Waals surface area (Å²) >= 11 is 0. The maximum Gasteiger partial charge on any atom is 0.240 e. The number of H-pyrrole nitrogens is 1. The highest BCUT2D eigenvalue weighted by Crippen LogP contribution is 2.36. The Bertz CT molecular complexity index is 1380. The van der Waals surface area contributed by atoms with E-state index >= 15 is 0 Å². The summed E-state index contributed by atoms with van der Waals surface area (Å²) in [7, 11) is -3.67. The number of rotatable bonds is 7. The topological polar surface area (TPSA) is 119 Å². The number of carbonyl (C=O) groups excluding carboxylic acids is 1. The molecule has 0 radical (unpaired) electrons. The lowest BCUT2D eigenvalue weighted by molar-refractivity contribution is -0.107. The number of anilines is 1. The highest BCUT2D eigenvalue weighted by molar-refractivity contribution is 7.89. The Morgan fingerprint density at radius 2 is 1.97 bits per heavy atom. The van der Waals surface area contributed by atoms with Crippen molar-refractivity contribution in [1.29, 1.82) is 5.26 Å². The van der Waals surface area contributed by atoms with Gasteiger partial charge in [0.15, 0.2) is 0 Å². The zero-order valence-corrected chi connectivity index (χ0v) is 18.7. The number of fused-ring (bicyclic) bond motifs is 1. The van der Waals surface area contributed by atoms with Crippen molar-refractivity contribution in [3.05, 3.63) is 59.8 Å². The minimum Gasteiger partial charge on any atom is -0.346 e. The average molecular weight is 462 g/mol. The molecule has 1 fully saturated rings. The number of amides is 1. The van der Waals surface area contributed by atoms with Gasteiger partial charge in [-0.05, 0) is 79.6 Å². The van der Waals surface area contributed by atoms with Gasteiger partial charge in [-0.15, -0.1) is 0 Å². The molecule has 1 atom stereocenters. The summed E-state index contributed by atoms with van der Waals surface area (Å²) in [4.78, 5) is 21.3. The van der Waals surface area contributed by atoms with Crippen molar-refractivity contribution >= 4 is 38.9 Å². The van der Waals surface area contributed by atoms with Gasteiger partial charge in [0, 0.05) is 23.7 Å². The zero-order valence-electron chi connectivity index (χ0n) is 17.9. The summed E-state index contributed by atoms with van der Waals surface area (Å²) < 4.78 is 28.3. The second-order valence-corrected chi connectivity index (χ2v) is 10.2. The molecule has 2 N–H and O–H groups in total. The molecule has 2 aliphatic carbocycles. The fraction of sp³-hybridized carbons (Fsp3) is 0.292. The van der Waals surface area contributed by atoms with E-state index in [1.807, 2.05) is 24.4 Å². The number of aromatic nitrogens is 2. The maximum atomic E-state index is 12.7. The third-order valence-corrected chi connectivity index (χ3v) is 7.74. The van der Waals surface area contributed by atoms with Crippen molar-refractivity contribution in [2.24, 2.45) is 0 Å². The molecule has 2 aromatic heterocycles. The van der Waals surface area contributed by atoms with E-state index in [9.17, 15) is 13.2 Å². The molecule has 5 rings (SSSR count). The lowest BCUT2D eigenvalue weighted by Gasteiger charge is -2.24. The van der Waals surface area contributed by atoms with Crippen LogP contribution in [0.1, 0.15) is 43.2 Å². The molecule has 0 aliphatic heterocycles. The molecule has 1 saturated carbocycles. The van der Waals surface area contributed by atoms with E-state index in [0.717, 1.165) is 41.4 Å². The molecule has 1 aromatic carbocycles. The van der Waals surface area contributed by atoms with E-state index in [4.69, 9.17) is 5.26 Å². The first-order chi connectivity index (χ1) is 16.0. The van der Waals surface area contributed by atoms with Gasteiger partial charge in [-0.25, -0.2) is 18.1 Å². The third-order valence-electron chi connectivity index (χ3n) is 6.21. The number of aromatic amines is 1. The van der Waals surface area contributed by atoms with Gasteiger partial charge in [0.25, 0.3) is 0 Å². The molecule has 168 valence electrons. The van der Waals surface area contributed by atoms with Crippen molar-refractivity contribution in [3.63, 3.8) is 0 Å². The molecule has 0 saturated heterocycles. The minimum absolute atomic E-state index is 0.151. The largest absolute Gasteiger partial charge is 0.346 e. The number of sulfonamides is 1. The lowest BCUT2D eigenvalue weighted by Crippen LogP contribution is -2.35. The van der Waals surface area contributed by atoms with Crippen molar-refractivity contribution in [2.45, 2.75) is 49.1 Å². The van der Waals surface area contributed by atoms with E-state index in [1.165, 1.54) is 24.3 Å². The summed E-state index contributed by atoms with van der Waals surface area (Å²) in [6.45, 7) is 0. The van der Waals surface area contributed by atoms with Gasteiger partial charge in [-0.3, -0.25) is 9.69 Å². The van der Waals surface area contributed by atoms with E-state index in [2.05, 4.69) is 20.8 Å². The summed E-state index contributed by atoms with van der Waals surface area (Å²) in [6.07, 6.45) is 8.66. The number of nitrogens with zero attached hydrogens (tertiary/aromatic N) is 3. The Hall–Kier alpha value is -3.48. The minimum atomic E-state index is -3.67. The summed E-state index contributed by atoms with van der Waals surface area (Å²) in [5.41, 5.74) is 3.30. The molecule has 2 aliphatic rings. The Labute approximate surface area is 192 Å². The van der Waals surface area contributed by atoms with E-state index in [0.29, 0.717) is 30.6 Å². The lowest BCUT2D eigenvalue weighted by atomic mass is 9.90. The van der Waals surface area contributed by atoms with Crippen molar-refractivity contribution in [3.8, 4) is 6.07 Å². The third kappa shape index (κ3) is 4.27. The van der Waals surface area contributed by atoms with Crippen LogP contribution < -0.4 is 9.62 Å². The normalized spacial score (nSPS) is 18.5. The van der Waals surface area contributed by atoms with Gasteiger partial charge in [-0.2, -0.15) is 5.26 Å². The van der Waals surface area contributed by atoms with E-state index < -0.39 is 10.0 Å². The van der Waals surface area contributed by atoms with Gasteiger partial charge < -0.3 is 4.98 Å². The van der Waals surface area contributed by atoms with Crippen LogP contribution >= 0.6 is 0 Å². The summed E-state index contributed by atoms with van der Waals surface area (Å²) in [5, 5.41) is 9.90. The SMILES string of the molecule is N#Cc1ccc(S(=O)(=O)NC2CC=C(c3cc(N(C=O)C4CC4)nc4[nH]ccc34)CC2)cc1. The van der Waals surface area contributed by atoms with Gasteiger partial charge >= 0.3 is 0 Å². The molecule has 9 heteroatoms. The monoisotopic (exact) mass is 461 g/mol. The summed E-state index contributed by atoms with van der Waals surface area (Å²) in [5.74, 6) is 0.641. The van der Waals surface area contributed by atoms with Gasteiger partial charge in [0.1, 0.15) is 11.5 Å². The quantitative estimate of drug-likeness (QED) is 0.522. The Kier molecular flexibility index (Phi) is 5.48. The molecule has 0 spiro atoms. The molecule has 3 aromatic rings. The molecule has 33 heavy (non-hydrogen) atoms. The number of allylic oxidation sites excluding steroid dienone is 1. The van der Waals surface area contributed by atoms with Crippen molar-refractivity contribution in [2.75, 3.05) is 4.90 Å². The molecular weight excluding hydrogens is 438 g/mol. The molecule has 1 unspecified atom stereocenters. The second kappa shape index (κ2) is 8.46. The molecular formula is C24H23N5O3S. The number of pyridine rings is 1. The maximum absolute atomic E-state index is 12.7. The highest BCUT2D eigenvalue weighted by Gasteiger charge is 2.31. The highest BCUT2D eigenvalue weighted by atomic mass is 32.2. The van der Waals surface area contributed by atoms with Crippen LogP contribution in [0.15, 0.2) is 53.6 Å². The van der Waals surface area contributed by atoms with Crippen LogP contribution in [0.25, 0.3) is 16.6 Å². The molecule has 1 amide bonds. The van der Waals surface area contributed by atoms with E-state index in [1.54, 1.807) is 4.90 Å². The van der Waals surface area contributed by atoms with Crippen LogP contribution in [0, 0.1) is 11.3 Å². The first kappa shape index (κ1) is 21.4. The first-order valence-electron chi connectivity index (χ1n) is 10.9. The molecule has 2 heterocycles. The molecule has 0 bridgehead atoms. The molecule has 8 nitrogen and oxygen atoms in total. The van der Waals surface area contributed by atoms with Crippen LogP contribution in [0.5, 0.6) is 0 Å².